The maximum Gasteiger partial charge on any atom is 0.306 e. The summed E-state index contributed by atoms with van der Waals surface area (Å²) in [7, 11) is 3.52. The molecule has 1 unspecified atom stereocenters. The third-order valence-electron chi connectivity index (χ3n) is 3.98. The van der Waals surface area contributed by atoms with Crippen molar-refractivity contribution in [3.63, 3.8) is 0 Å². The number of halogens is 2. The molecule has 10 heteroatoms. The molecule has 2 aromatic carbocycles. The van der Waals surface area contributed by atoms with Crippen molar-refractivity contribution >= 4 is 43.0 Å². The molecule has 26 heavy (non-hydrogen) atoms. The minimum atomic E-state index is -0.949. The molecule has 1 atom stereocenters. The summed E-state index contributed by atoms with van der Waals surface area (Å²) in [6.07, 6.45) is -0.892. The van der Waals surface area contributed by atoms with Crippen LogP contribution in [0, 0.1) is 15.9 Å². The van der Waals surface area contributed by atoms with E-state index in [1.807, 2.05) is 30.3 Å². The SMILES string of the molecule is BC(B)(OCc1ccccc1)C(O)CNc1cc(F)c([N+](=O)[O-])cc1Br. The summed E-state index contributed by atoms with van der Waals surface area (Å²) in [6, 6.07) is 11.7. The van der Waals surface area contributed by atoms with Crippen molar-refractivity contribution in [3.05, 3.63) is 68.4 Å². The van der Waals surface area contributed by atoms with Gasteiger partial charge in [0.25, 0.3) is 0 Å². The molecule has 0 radical (unpaired) electrons. The normalized spacial score (nSPS) is 12.6. The molecule has 0 bridgehead atoms. The first kappa shape index (κ1) is 20.4. The number of nitrogens with one attached hydrogen (secondary N) is 1. The molecule has 0 saturated heterocycles. The lowest BCUT2D eigenvalue weighted by atomic mass is 9.61. The summed E-state index contributed by atoms with van der Waals surface area (Å²) in [5.74, 6) is -0.949. The van der Waals surface area contributed by atoms with E-state index in [2.05, 4.69) is 21.2 Å². The summed E-state index contributed by atoms with van der Waals surface area (Å²) in [6.45, 7) is 0.429. The van der Waals surface area contributed by atoms with Crippen molar-refractivity contribution in [2.45, 2.75) is 18.1 Å². The minimum absolute atomic E-state index is 0.0810. The summed E-state index contributed by atoms with van der Waals surface area (Å²) < 4.78 is 19.9. The van der Waals surface area contributed by atoms with E-state index < -0.39 is 27.9 Å². The number of anilines is 1. The maximum absolute atomic E-state index is 13.8. The van der Waals surface area contributed by atoms with Gasteiger partial charge in [-0.2, -0.15) is 4.39 Å². The van der Waals surface area contributed by atoms with Crippen LogP contribution >= 0.6 is 15.9 Å². The monoisotopic (exact) mass is 422 g/mol. The molecule has 0 aliphatic heterocycles. The lowest BCUT2D eigenvalue weighted by Crippen LogP contribution is -2.49. The van der Waals surface area contributed by atoms with Gasteiger partial charge in [-0.1, -0.05) is 30.3 Å². The van der Waals surface area contributed by atoms with Crippen molar-refractivity contribution < 1.29 is 19.2 Å². The highest BCUT2D eigenvalue weighted by atomic mass is 79.9. The van der Waals surface area contributed by atoms with Crippen LogP contribution in [-0.2, 0) is 11.3 Å². The van der Waals surface area contributed by atoms with Gasteiger partial charge in [0.15, 0.2) is 0 Å². The summed E-state index contributed by atoms with van der Waals surface area (Å²) >= 11 is 3.17. The van der Waals surface area contributed by atoms with Crippen LogP contribution in [0.2, 0.25) is 0 Å². The molecular weight excluding hydrogens is 405 g/mol. The van der Waals surface area contributed by atoms with Gasteiger partial charge >= 0.3 is 5.69 Å². The molecule has 0 amide bonds. The summed E-state index contributed by atoms with van der Waals surface area (Å²) in [4.78, 5) is 9.95. The van der Waals surface area contributed by atoms with Crippen molar-refractivity contribution in [2.75, 3.05) is 11.9 Å². The number of benzene rings is 2. The second kappa shape index (κ2) is 8.66. The number of hydrogen-bond donors (Lipinski definition) is 2. The van der Waals surface area contributed by atoms with Gasteiger partial charge in [0.1, 0.15) is 15.7 Å². The summed E-state index contributed by atoms with van der Waals surface area (Å²) in [5.41, 5.74) is 0.682. The second-order valence-corrected chi connectivity index (χ2v) is 7.17. The van der Waals surface area contributed by atoms with Gasteiger partial charge in [-0.25, -0.2) is 0 Å². The zero-order valence-corrected chi connectivity index (χ0v) is 16.0. The van der Waals surface area contributed by atoms with Gasteiger partial charge in [0, 0.05) is 28.5 Å². The average molecular weight is 423 g/mol. The molecule has 136 valence electrons. The standard InChI is InChI=1S/C16H18B2BrFN2O4/c17-16(18,26-9-10-4-2-1-3-5-10)15(23)8-21-13-7-12(20)14(22(24)25)6-11(13)19/h1-7,15,21,23H,8-9,17-18H2. The first-order valence-corrected chi connectivity index (χ1v) is 8.73. The van der Waals surface area contributed by atoms with Crippen LogP contribution in [0.25, 0.3) is 0 Å². The Bertz CT molecular complexity index is 780. The van der Waals surface area contributed by atoms with E-state index in [1.54, 1.807) is 15.7 Å². The second-order valence-electron chi connectivity index (χ2n) is 6.31. The Morgan fingerprint density at radius 3 is 2.62 bits per heavy atom. The number of aliphatic hydroxyl groups excluding tert-OH is 1. The molecule has 6 nitrogen and oxygen atoms in total. The third kappa shape index (κ3) is 5.30. The molecule has 2 rings (SSSR count). The fourth-order valence-corrected chi connectivity index (χ4v) is 2.68. The molecule has 0 aliphatic rings. The highest BCUT2D eigenvalue weighted by Crippen LogP contribution is 2.30. The quantitative estimate of drug-likeness (QED) is 0.382. The van der Waals surface area contributed by atoms with Crippen LogP contribution in [0.3, 0.4) is 0 Å². The van der Waals surface area contributed by atoms with Crippen LogP contribution in [0.5, 0.6) is 0 Å². The van der Waals surface area contributed by atoms with Gasteiger partial charge in [-0.15, -0.1) is 0 Å². The number of ether oxygens (including phenoxy) is 1. The molecule has 2 N–H and O–H groups in total. The van der Waals surface area contributed by atoms with E-state index in [9.17, 15) is 19.6 Å². The predicted octanol–water partition coefficient (Wildman–Crippen LogP) is 1.41. The zero-order valence-electron chi connectivity index (χ0n) is 14.4. The highest BCUT2D eigenvalue weighted by molar-refractivity contribution is 9.10. The van der Waals surface area contributed by atoms with Gasteiger partial charge in [-0.3, -0.25) is 10.1 Å². The zero-order chi connectivity index (χ0) is 19.3. The van der Waals surface area contributed by atoms with E-state index in [1.165, 1.54) is 0 Å². The van der Waals surface area contributed by atoms with Crippen LogP contribution in [0.1, 0.15) is 5.56 Å². The van der Waals surface area contributed by atoms with Crippen LogP contribution < -0.4 is 5.32 Å². The maximum atomic E-state index is 13.8. The minimum Gasteiger partial charge on any atom is -0.390 e. The third-order valence-corrected chi connectivity index (χ3v) is 4.63. The van der Waals surface area contributed by atoms with Crippen molar-refractivity contribution in [1.29, 1.82) is 0 Å². The molecular formula is C16H18B2BrFN2O4. The van der Waals surface area contributed by atoms with Crippen LogP contribution in [-0.4, -0.2) is 43.8 Å². The molecule has 0 heterocycles. The largest absolute Gasteiger partial charge is 0.390 e. The predicted molar refractivity (Wildman–Crippen MR) is 106 cm³/mol. The molecule has 0 spiro atoms. The van der Waals surface area contributed by atoms with Gasteiger partial charge in [-0.05, 0) is 21.5 Å². The van der Waals surface area contributed by atoms with E-state index in [0.717, 1.165) is 17.7 Å². The Hall–Kier alpha value is -1.90. The van der Waals surface area contributed by atoms with Crippen molar-refractivity contribution in [3.8, 4) is 0 Å². The molecule has 0 aliphatic carbocycles. The molecule has 0 fully saturated rings. The topological polar surface area (TPSA) is 84.6 Å². The van der Waals surface area contributed by atoms with E-state index in [4.69, 9.17) is 4.74 Å². The Morgan fingerprint density at radius 1 is 1.35 bits per heavy atom. The number of hydrogen-bond acceptors (Lipinski definition) is 5. The first-order valence-electron chi connectivity index (χ1n) is 7.94. The van der Waals surface area contributed by atoms with E-state index in [0.29, 0.717) is 16.8 Å². The van der Waals surface area contributed by atoms with Gasteiger partial charge in [0.05, 0.1) is 23.3 Å². The van der Waals surface area contributed by atoms with Crippen molar-refractivity contribution in [1.82, 2.24) is 0 Å². The molecule has 0 aromatic heterocycles. The van der Waals surface area contributed by atoms with E-state index in [-0.39, 0.29) is 6.54 Å². The molecule has 2 aromatic rings. The van der Waals surface area contributed by atoms with Crippen LogP contribution in [0.15, 0.2) is 46.9 Å². The van der Waals surface area contributed by atoms with Crippen molar-refractivity contribution in [2.24, 2.45) is 0 Å². The smallest absolute Gasteiger partial charge is 0.306 e. The fourth-order valence-electron chi connectivity index (χ4n) is 2.20. The molecule has 0 saturated carbocycles. The number of aliphatic hydroxyl groups is 1. The lowest BCUT2D eigenvalue weighted by molar-refractivity contribution is -0.387. The number of nitro benzene ring substituents is 1. The van der Waals surface area contributed by atoms with E-state index >= 15 is 0 Å². The van der Waals surface area contributed by atoms with Gasteiger partial charge < -0.3 is 15.2 Å². The highest BCUT2D eigenvalue weighted by Gasteiger charge is 2.29. The van der Waals surface area contributed by atoms with Gasteiger partial charge in [0.2, 0.25) is 5.82 Å². The Kier molecular flexibility index (Phi) is 6.80. The summed E-state index contributed by atoms with van der Waals surface area (Å²) in [5, 5.41) is 23.2. The number of rotatable bonds is 8. The first-order chi connectivity index (χ1) is 12.2. The number of nitro groups is 1. The Morgan fingerprint density at radius 2 is 2.00 bits per heavy atom. The fraction of sp³-hybridized carbons (Fsp3) is 0.250. The average Bonchev–Trinajstić information content (AvgIpc) is 2.60. The number of nitrogens with zero attached hydrogens (tertiary/aromatic N) is 1. The Balaban J connectivity index is 1.97. The lowest BCUT2D eigenvalue weighted by Gasteiger charge is -2.32. The Labute approximate surface area is 160 Å². The van der Waals surface area contributed by atoms with Crippen LogP contribution in [0.4, 0.5) is 15.8 Å².